The largest absolute Gasteiger partial charge is 0.478 e. The normalized spacial score (nSPS) is 23.6. The maximum Gasteiger partial charge on any atom is 0.331 e. The van der Waals surface area contributed by atoms with E-state index in [2.05, 4.69) is 0 Å². The minimum absolute atomic E-state index is 0.109. The van der Waals surface area contributed by atoms with E-state index in [0.717, 1.165) is 6.08 Å². The molecule has 1 saturated carbocycles. The first-order valence-corrected chi connectivity index (χ1v) is 4.97. The number of carboxylic acid groups (broad SMARTS) is 1. The zero-order valence-corrected chi connectivity index (χ0v) is 9.23. The van der Waals surface area contributed by atoms with Crippen molar-refractivity contribution in [2.24, 2.45) is 5.41 Å². The minimum Gasteiger partial charge on any atom is -0.478 e. The summed E-state index contributed by atoms with van der Waals surface area (Å²) in [6.07, 6.45) is 1.80. The molecule has 0 aliphatic heterocycles. The summed E-state index contributed by atoms with van der Waals surface area (Å²) in [4.78, 5) is 32.8. The summed E-state index contributed by atoms with van der Waals surface area (Å²) in [6.45, 7) is 3.69. The lowest BCUT2D eigenvalue weighted by Gasteiger charge is -2.24. The Labute approximate surface area is 93.1 Å². The number of carboxylic acids is 1. The molecule has 0 bridgehead atoms. The van der Waals surface area contributed by atoms with Crippen LogP contribution in [-0.4, -0.2) is 28.9 Å². The number of hydrogen-bond donors (Lipinski definition) is 1. The fourth-order valence-electron chi connectivity index (χ4n) is 1.66. The highest BCUT2D eigenvalue weighted by Crippen LogP contribution is 2.37. The highest BCUT2D eigenvalue weighted by atomic mass is 16.5. The third-order valence-electron chi connectivity index (χ3n) is 2.61. The fourth-order valence-corrected chi connectivity index (χ4v) is 1.66. The average Bonchev–Trinajstić information content (AvgIpc) is 2.42. The van der Waals surface area contributed by atoms with Gasteiger partial charge in [-0.25, -0.2) is 9.59 Å². The molecule has 88 valence electrons. The number of esters is 1. The van der Waals surface area contributed by atoms with Crippen molar-refractivity contribution in [1.82, 2.24) is 0 Å². The van der Waals surface area contributed by atoms with Crippen molar-refractivity contribution in [1.29, 1.82) is 0 Å². The molecular weight excluding hydrogens is 212 g/mol. The number of carbonyl (C=O) groups is 3. The molecule has 16 heavy (non-hydrogen) atoms. The zero-order chi connectivity index (χ0) is 12.3. The van der Waals surface area contributed by atoms with Crippen LogP contribution in [0.4, 0.5) is 0 Å². The molecule has 1 unspecified atom stereocenters. The van der Waals surface area contributed by atoms with Gasteiger partial charge in [0.15, 0.2) is 11.9 Å². The van der Waals surface area contributed by atoms with Crippen LogP contribution in [0.1, 0.15) is 26.7 Å². The number of hydrogen-bond acceptors (Lipinski definition) is 4. The average molecular weight is 226 g/mol. The molecule has 0 spiro atoms. The van der Waals surface area contributed by atoms with Gasteiger partial charge in [-0.05, 0) is 6.42 Å². The molecule has 0 amide bonds. The van der Waals surface area contributed by atoms with Crippen LogP contribution >= 0.6 is 0 Å². The standard InChI is InChI=1S/C11H14O5/c1-11(2)6-5-7(12)10(11)16-9(15)4-3-8(13)14/h3-4,10H,5-6H2,1-2H3,(H,13,14)/b4-3+. The van der Waals surface area contributed by atoms with E-state index in [1.807, 2.05) is 13.8 Å². The molecule has 1 fully saturated rings. The molecular formula is C11H14O5. The predicted molar refractivity (Wildman–Crippen MR) is 54.7 cm³/mol. The number of ether oxygens (including phenoxy) is 1. The maximum absolute atomic E-state index is 11.4. The first-order chi connectivity index (χ1) is 7.33. The van der Waals surface area contributed by atoms with Crippen molar-refractivity contribution in [3.8, 4) is 0 Å². The molecule has 1 rings (SSSR count). The number of aliphatic carboxylic acids is 1. The van der Waals surface area contributed by atoms with Crippen molar-refractivity contribution in [3.05, 3.63) is 12.2 Å². The molecule has 0 aromatic rings. The second kappa shape index (κ2) is 4.47. The summed E-state index contributed by atoms with van der Waals surface area (Å²) >= 11 is 0. The van der Waals surface area contributed by atoms with Crippen LogP contribution in [0.3, 0.4) is 0 Å². The van der Waals surface area contributed by atoms with Crippen LogP contribution in [0, 0.1) is 5.41 Å². The van der Waals surface area contributed by atoms with Gasteiger partial charge in [0.05, 0.1) is 0 Å². The van der Waals surface area contributed by atoms with Gasteiger partial charge >= 0.3 is 11.9 Å². The van der Waals surface area contributed by atoms with E-state index in [-0.39, 0.29) is 11.2 Å². The Morgan fingerprint density at radius 1 is 1.44 bits per heavy atom. The molecule has 0 aromatic carbocycles. The lowest BCUT2D eigenvalue weighted by Crippen LogP contribution is -2.33. The van der Waals surface area contributed by atoms with E-state index in [1.165, 1.54) is 0 Å². The lowest BCUT2D eigenvalue weighted by atomic mass is 9.89. The highest BCUT2D eigenvalue weighted by Gasteiger charge is 2.43. The summed E-state index contributed by atoms with van der Waals surface area (Å²) in [5.41, 5.74) is -0.371. The molecule has 1 atom stereocenters. The van der Waals surface area contributed by atoms with Crippen molar-refractivity contribution < 1.29 is 24.2 Å². The summed E-state index contributed by atoms with van der Waals surface area (Å²) in [5.74, 6) is -2.13. The lowest BCUT2D eigenvalue weighted by molar-refractivity contribution is -0.153. The summed E-state index contributed by atoms with van der Waals surface area (Å²) < 4.78 is 4.95. The number of Topliss-reactive ketones (excluding diaryl/α,β-unsaturated/α-hetero) is 1. The van der Waals surface area contributed by atoms with Crippen molar-refractivity contribution in [2.45, 2.75) is 32.8 Å². The van der Waals surface area contributed by atoms with Gasteiger partial charge in [0.2, 0.25) is 0 Å². The summed E-state index contributed by atoms with van der Waals surface area (Å²) in [6, 6.07) is 0. The molecule has 5 heteroatoms. The SMILES string of the molecule is CC1(C)CCC(=O)C1OC(=O)/C=C/C(=O)O. The van der Waals surface area contributed by atoms with Crippen LogP contribution in [0.15, 0.2) is 12.2 Å². The van der Waals surface area contributed by atoms with E-state index in [1.54, 1.807) is 0 Å². The van der Waals surface area contributed by atoms with Gasteiger partial charge in [-0.15, -0.1) is 0 Å². The van der Waals surface area contributed by atoms with E-state index in [9.17, 15) is 14.4 Å². The molecule has 0 aromatic heterocycles. The Balaban J connectivity index is 2.63. The van der Waals surface area contributed by atoms with Gasteiger partial charge < -0.3 is 9.84 Å². The number of carbonyl (C=O) groups excluding carboxylic acids is 2. The third-order valence-corrected chi connectivity index (χ3v) is 2.61. The smallest absolute Gasteiger partial charge is 0.331 e. The van der Waals surface area contributed by atoms with Crippen LogP contribution in [0.5, 0.6) is 0 Å². The Bertz CT molecular complexity index is 353. The van der Waals surface area contributed by atoms with Crippen LogP contribution in [0.25, 0.3) is 0 Å². The molecule has 0 saturated heterocycles. The van der Waals surface area contributed by atoms with Gasteiger partial charge in [-0.3, -0.25) is 4.79 Å². The van der Waals surface area contributed by atoms with E-state index in [4.69, 9.17) is 9.84 Å². The van der Waals surface area contributed by atoms with Crippen molar-refractivity contribution in [3.63, 3.8) is 0 Å². The van der Waals surface area contributed by atoms with Gasteiger partial charge in [0, 0.05) is 24.0 Å². The van der Waals surface area contributed by atoms with Crippen molar-refractivity contribution >= 4 is 17.7 Å². The fraction of sp³-hybridized carbons (Fsp3) is 0.545. The Morgan fingerprint density at radius 2 is 2.06 bits per heavy atom. The highest BCUT2D eigenvalue weighted by molar-refractivity contribution is 5.93. The Morgan fingerprint density at radius 3 is 2.50 bits per heavy atom. The minimum atomic E-state index is -1.23. The molecule has 5 nitrogen and oxygen atoms in total. The van der Waals surface area contributed by atoms with Crippen LogP contribution in [0.2, 0.25) is 0 Å². The van der Waals surface area contributed by atoms with E-state index < -0.39 is 18.0 Å². The van der Waals surface area contributed by atoms with Crippen LogP contribution < -0.4 is 0 Å². The van der Waals surface area contributed by atoms with Gasteiger partial charge in [0.1, 0.15) is 0 Å². The summed E-state index contributed by atoms with van der Waals surface area (Å²) in [7, 11) is 0. The zero-order valence-electron chi connectivity index (χ0n) is 9.23. The first kappa shape index (κ1) is 12.4. The second-order valence-electron chi connectivity index (χ2n) is 4.44. The van der Waals surface area contributed by atoms with Gasteiger partial charge in [-0.2, -0.15) is 0 Å². The second-order valence-corrected chi connectivity index (χ2v) is 4.44. The molecule has 0 heterocycles. The first-order valence-electron chi connectivity index (χ1n) is 4.97. The molecule has 1 aliphatic rings. The third kappa shape index (κ3) is 2.92. The maximum atomic E-state index is 11.4. The van der Waals surface area contributed by atoms with E-state index >= 15 is 0 Å². The van der Waals surface area contributed by atoms with Gasteiger partial charge in [-0.1, -0.05) is 13.8 Å². The van der Waals surface area contributed by atoms with Gasteiger partial charge in [0.25, 0.3) is 0 Å². The van der Waals surface area contributed by atoms with Crippen LogP contribution in [-0.2, 0) is 19.1 Å². The predicted octanol–water partition coefficient (Wildman–Crippen LogP) is 0.928. The Kier molecular flexibility index (Phi) is 3.47. The number of rotatable bonds is 3. The molecule has 0 radical (unpaired) electrons. The Hall–Kier alpha value is -1.65. The van der Waals surface area contributed by atoms with E-state index in [0.29, 0.717) is 18.9 Å². The quantitative estimate of drug-likeness (QED) is 0.572. The molecule has 1 aliphatic carbocycles. The monoisotopic (exact) mass is 226 g/mol. The van der Waals surface area contributed by atoms with Crippen molar-refractivity contribution in [2.75, 3.05) is 0 Å². The topological polar surface area (TPSA) is 80.7 Å². The number of ketones is 1. The summed E-state index contributed by atoms with van der Waals surface area (Å²) in [5, 5.41) is 8.32. The molecule has 1 N–H and O–H groups in total.